The standard InChI is InChI=1S/C20H21FN2O2/c1-3-13(2)22-19(24)18-16-6-4-5-7-17(16)20(25)23(18)12-14-8-10-15(21)11-9-14/h4-11,13,18H,3,12H2,1-2H3,(H,22,24)/t13-,18+/m0/s1. The van der Waals surface area contributed by atoms with Crippen LogP contribution < -0.4 is 5.32 Å². The Morgan fingerprint density at radius 2 is 1.88 bits per heavy atom. The molecule has 0 unspecified atom stereocenters. The number of amides is 2. The van der Waals surface area contributed by atoms with Gasteiger partial charge in [-0.15, -0.1) is 0 Å². The smallest absolute Gasteiger partial charge is 0.255 e. The van der Waals surface area contributed by atoms with Gasteiger partial charge in [0.05, 0.1) is 0 Å². The van der Waals surface area contributed by atoms with Gasteiger partial charge in [-0.2, -0.15) is 0 Å². The summed E-state index contributed by atoms with van der Waals surface area (Å²) in [6, 6.07) is 12.5. The Morgan fingerprint density at radius 1 is 1.20 bits per heavy atom. The lowest BCUT2D eigenvalue weighted by molar-refractivity contribution is -0.126. The molecule has 3 rings (SSSR count). The molecule has 2 amide bonds. The van der Waals surface area contributed by atoms with Crippen molar-refractivity contribution in [2.75, 3.05) is 0 Å². The van der Waals surface area contributed by atoms with E-state index in [2.05, 4.69) is 5.32 Å². The molecule has 130 valence electrons. The molecule has 1 N–H and O–H groups in total. The van der Waals surface area contributed by atoms with Crippen LogP contribution in [0.3, 0.4) is 0 Å². The molecular formula is C20H21FN2O2. The Hall–Kier alpha value is -2.69. The Kier molecular flexibility index (Phi) is 4.83. The third-order valence-corrected chi connectivity index (χ3v) is 4.57. The SMILES string of the molecule is CC[C@H](C)NC(=O)[C@H]1c2ccccc2C(=O)N1Cc1ccc(F)cc1. The summed E-state index contributed by atoms with van der Waals surface area (Å²) in [6.07, 6.45) is 0.812. The van der Waals surface area contributed by atoms with Crippen LogP contribution in [-0.4, -0.2) is 22.8 Å². The molecule has 0 saturated carbocycles. The van der Waals surface area contributed by atoms with Crippen molar-refractivity contribution in [1.29, 1.82) is 0 Å². The van der Waals surface area contributed by atoms with Crippen LogP contribution in [-0.2, 0) is 11.3 Å². The molecule has 0 radical (unpaired) electrons. The van der Waals surface area contributed by atoms with Gasteiger partial charge in [0.15, 0.2) is 0 Å². The zero-order valence-electron chi connectivity index (χ0n) is 14.3. The molecule has 0 bridgehead atoms. The molecule has 0 aliphatic carbocycles. The quantitative estimate of drug-likeness (QED) is 0.906. The molecule has 2 atom stereocenters. The van der Waals surface area contributed by atoms with Crippen LogP contribution in [0, 0.1) is 5.82 Å². The summed E-state index contributed by atoms with van der Waals surface area (Å²) in [5.41, 5.74) is 2.05. The van der Waals surface area contributed by atoms with Crippen molar-refractivity contribution in [3.63, 3.8) is 0 Å². The normalized spacial score (nSPS) is 17.3. The fourth-order valence-corrected chi connectivity index (χ4v) is 3.03. The van der Waals surface area contributed by atoms with Gasteiger partial charge >= 0.3 is 0 Å². The highest BCUT2D eigenvalue weighted by Gasteiger charge is 2.40. The average Bonchev–Trinajstić information content (AvgIpc) is 2.89. The summed E-state index contributed by atoms with van der Waals surface area (Å²) in [5.74, 6) is -0.690. The lowest BCUT2D eigenvalue weighted by atomic mass is 10.0. The minimum absolute atomic E-state index is 0.0306. The zero-order valence-corrected chi connectivity index (χ0v) is 14.3. The zero-order chi connectivity index (χ0) is 18.0. The number of nitrogens with one attached hydrogen (secondary N) is 1. The number of rotatable bonds is 5. The summed E-state index contributed by atoms with van der Waals surface area (Å²) in [6.45, 7) is 4.19. The fourth-order valence-electron chi connectivity index (χ4n) is 3.03. The van der Waals surface area contributed by atoms with Gasteiger partial charge in [0.1, 0.15) is 11.9 Å². The predicted molar refractivity (Wildman–Crippen MR) is 93.4 cm³/mol. The molecule has 4 nitrogen and oxygen atoms in total. The van der Waals surface area contributed by atoms with Gasteiger partial charge in [-0.05, 0) is 42.7 Å². The average molecular weight is 340 g/mol. The molecule has 2 aromatic carbocycles. The highest BCUT2D eigenvalue weighted by Crippen LogP contribution is 2.35. The Bertz CT molecular complexity index is 789. The highest BCUT2D eigenvalue weighted by molar-refractivity contribution is 6.04. The molecule has 0 saturated heterocycles. The van der Waals surface area contributed by atoms with Crippen molar-refractivity contribution >= 4 is 11.8 Å². The van der Waals surface area contributed by atoms with E-state index in [1.165, 1.54) is 12.1 Å². The minimum Gasteiger partial charge on any atom is -0.352 e. The van der Waals surface area contributed by atoms with Crippen LogP contribution in [0.15, 0.2) is 48.5 Å². The van der Waals surface area contributed by atoms with Gasteiger partial charge in [0, 0.05) is 18.2 Å². The Labute approximate surface area is 146 Å². The first-order valence-corrected chi connectivity index (χ1v) is 8.46. The van der Waals surface area contributed by atoms with Crippen molar-refractivity contribution in [1.82, 2.24) is 10.2 Å². The number of halogens is 1. The number of carbonyl (C=O) groups is 2. The van der Waals surface area contributed by atoms with Gasteiger partial charge in [-0.3, -0.25) is 9.59 Å². The highest BCUT2D eigenvalue weighted by atomic mass is 19.1. The van der Waals surface area contributed by atoms with Crippen molar-refractivity contribution in [2.24, 2.45) is 0 Å². The molecule has 2 aromatic rings. The second-order valence-corrected chi connectivity index (χ2v) is 6.37. The molecule has 0 fully saturated rings. The van der Waals surface area contributed by atoms with Crippen molar-refractivity contribution < 1.29 is 14.0 Å². The first-order chi connectivity index (χ1) is 12.0. The first kappa shape index (κ1) is 17.1. The van der Waals surface area contributed by atoms with E-state index >= 15 is 0 Å². The van der Waals surface area contributed by atoms with Gasteiger partial charge < -0.3 is 10.2 Å². The van der Waals surface area contributed by atoms with E-state index in [0.29, 0.717) is 5.56 Å². The first-order valence-electron chi connectivity index (χ1n) is 8.46. The molecule has 0 spiro atoms. The van der Waals surface area contributed by atoms with Gasteiger partial charge in [-0.25, -0.2) is 4.39 Å². The van der Waals surface area contributed by atoms with Crippen LogP contribution in [0.5, 0.6) is 0 Å². The number of nitrogens with zero attached hydrogens (tertiary/aromatic N) is 1. The van der Waals surface area contributed by atoms with Crippen LogP contribution in [0.2, 0.25) is 0 Å². The second-order valence-electron chi connectivity index (χ2n) is 6.37. The van der Waals surface area contributed by atoms with E-state index in [-0.39, 0.29) is 30.2 Å². The number of fused-ring (bicyclic) bond motifs is 1. The summed E-state index contributed by atoms with van der Waals surface area (Å²) < 4.78 is 13.1. The third-order valence-electron chi connectivity index (χ3n) is 4.57. The topological polar surface area (TPSA) is 49.4 Å². The molecule has 1 aliphatic rings. The maximum atomic E-state index is 13.1. The molecule has 25 heavy (non-hydrogen) atoms. The molecule has 5 heteroatoms. The largest absolute Gasteiger partial charge is 0.352 e. The van der Waals surface area contributed by atoms with Gasteiger partial charge in [0.2, 0.25) is 5.91 Å². The van der Waals surface area contributed by atoms with E-state index in [1.807, 2.05) is 26.0 Å². The van der Waals surface area contributed by atoms with Crippen LogP contribution in [0.4, 0.5) is 4.39 Å². The van der Waals surface area contributed by atoms with E-state index in [1.54, 1.807) is 29.2 Å². The molecule has 1 heterocycles. The lowest BCUT2D eigenvalue weighted by Crippen LogP contribution is -2.42. The van der Waals surface area contributed by atoms with E-state index in [0.717, 1.165) is 17.5 Å². The van der Waals surface area contributed by atoms with Crippen molar-refractivity contribution in [3.05, 3.63) is 71.0 Å². The molecule has 1 aliphatic heterocycles. The third kappa shape index (κ3) is 3.40. The maximum Gasteiger partial charge on any atom is 0.255 e. The van der Waals surface area contributed by atoms with E-state index < -0.39 is 6.04 Å². The van der Waals surface area contributed by atoms with Gasteiger partial charge in [0.25, 0.3) is 5.91 Å². The predicted octanol–water partition coefficient (Wildman–Crippen LogP) is 3.44. The minimum atomic E-state index is -0.664. The number of benzene rings is 2. The maximum absolute atomic E-state index is 13.1. The number of hydrogen-bond acceptors (Lipinski definition) is 2. The molecular weight excluding hydrogens is 319 g/mol. The second kappa shape index (κ2) is 7.05. The Morgan fingerprint density at radius 3 is 2.56 bits per heavy atom. The fraction of sp³-hybridized carbons (Fsp3) is 0.300. The number of carbonyl (C=O) groups excluding carboxylic acids is 2. The van der Waals surface area contributed by atoms with Crippen LogP contribution >= 0.6 is 0 Å². The van der Waals surface area contributed by atoms with Crippen molar-refractivity contribution in [3.8, 4) is 0 Å². The van der Waals surface area contributed by atoms with Crippen LogP contribution in [0.1, 0.15) is 47.8 Å². The van der Waals surface area contributed by atoms with Crippen molar-refractivity contribution in [2.45, 2.75) is 38.9 Å². The van der Waals surface area contributed by atoms with E-state index in [9.17, 15) is 14.0 Å². The number of hydrogen-bond donors (Lipinski definition) is 1. The summed E-state index contributed by atoms with van der Waals surface area (Å²) >= 11 is 0. The van der Waals surface area contributed by atoms with Crippen LogP contribution in [0.25, 0.3) is 0 Å². The Balaban J connectivity index is 1.92. The summed E-state index contributed by atoms with van der Waals surface area (Å²) in [7, 11) is 0. The van der Waals surface area contributed by atoms with E-state index in [4.69, 9.17) is 0 Å². The van der Waals surface area contributed by atoms with Gasteiger partial charge in [-0.1, -0.05) is 37.3 Å². The monoisotopic (exact) mass is 340 g/mol. The lowest BCUT2D eigenvalue weighted by Gasteiger charge is -2.26. The molecule has 0 aromatic heterocycles. The summed E-state index contributed by atoms with van der Waals surface area (Å²) in [5, 5.41) is 2.96. The summed E-state index contributed by atoms with van der Waals surface area (Å²) in [4.78, 5) is 27.2.